The molecular weight excluding hydrogens is 987 g/mol. The van der Waals surface area contributed by atoms with Crippen LogP contribution >= 0.6 is 0 Å². The molecule has 4 aliphatic heterocycles. The molecule has 0 radical (unpaired) electrons. The predicted octanol–water partition coefficient (Wildman–Crippen LogP) is 12.4. The third kappa shape index (κ3) is 8.80. The second-order valence-corrected chi connectivity index (χ2v) is 24.7. The SMILES string of the molecule is COc1ccc2c3c1c(CN1CCN(C)CC1)cn3CCCn1c-2c(C2CCC(C(O)C3Cn4cc(CN5CCCCC5)c5cccc(c54)-c4c(C5CCCCC5)c5ccc(C(=O)O)cc5n4C3)CC2)c2ccc(C(=O)O)cc21. The van der Waals surface area contributed by atoms with Crippen molar-refractivity contribution in [3.63, 3.8) is 0 Å². The maximum atomic E-state index is 13.3. The number of fused-ring (bicyclic) bond motifs is 8. The van der Waals surface area contributed by atoms with Gasteiger partial charge in [-0.2, -0.15) is 0 Å². The largest absolute Gasteiger partial charge is 0.496 e. The summed E-state index contributed by atoms with van der Waals surface area (Å²) in [4.78, 5) is 33.0. The van der Waals surface area contributed by atoms with E-state index >= 15 is 0 Å². The molecule has 4 aromatic carbocycles. The highest BCUT2D eigenvalue weighted by atomic mass is 16.5. The topological polar surface area (TPSA) is 133 Å². The summed E-state index contributed by atoms with van der Waals surface area (Å²) >= 11 is 0. The Labute approximate surface area is 462 Å². The molecule has 3 N–H and O–H groups in total. The number of aliphatic hydroxyl groups is 1. The number of carboxylic acids is 2. The zero-order valence-corrected chi connectivity index (χ0v) is 46.3. The Morgan fingerprint density at radius 1 is 0.570 bits per heavy atom. The number of carboxylic acid groups (broad SMARTS) is 2. The standard InChI is InChI=1S/C66H77N7O6/c1-67-29-31-69(32-30-67)36-47-38-70-27-10-28-72-54-33-44(65(75)76)19-21-50(54)58(62(72)53-23-24-56(79-2)59(47)61(53)70)42-15-17-43(18-16-42)64(74)48-39-71-37-46(35-68-25-7-4-8-26-68)49-13-9-14-52(60(49)71)63-57(41-11-5-3-6-12-41)51-22-20-45(66(77)78)34-55(51)73(63)40-48/h9,13-14,19-24,33-34,37-38,41-43,48,64,74H,3-8,10-12,15-18,25-32,35-36,39-40H2,1-2H3,(H,75,76)(H,77,78). The van der Waals surface area contributed by atoms with Crippen molar-refractivity contribution in [3.8, 4) is 28.3 Å². The molecule has 412 valence electrons. The van der Waals surface area contributed by atoms with Gasteiger partial charge < -0.3 is 43.2 Å². The number of aryl methyl sites for hydroxylation is 2. The Bertz CT molecular complexity index is 3660. The van der Waals surface area contributed by atoms with Crippen molar-refractivity contribution in [2.75, 3.05) is 53.4 Å². The van der Waals surface area contributed by atoms with E-state index in [0.29, 0.717) is 30.1 Å². The van der Waals surface area contributed by atoms with Crippen LogP contribution in [-0.4, -0.2) is 120 Å². The van der Waals surface area contributed by atoms with Crippen LogP contribution in [0.25, 0.3) is 66.1 Å². The Morgan fingerprint density at radius 3 is 1.89 bits per heavy atom. The molecule has 13 heteroatoms. The fraction of sp³-hybridized carbons (Fsp3) is 0.485. The summed E-state index contributed by atoms with van der Waals surface area (Å²) in [5.74, 6) is -0.465. The summed E-state index contributed by atoms with van der Waals surface area (Å²) in [5.41, 5.74) is 15.1. The number of aliphatic hydroxyl groups excluding tert-OH is 1. The van der Waals surface area contributed by atoms with E-state index in [1.54, 1.807) is 19.2 Å². The van der Waals surface area contributed by atoms with E-state index in [-0.39, 0.29) is 17.8 Å². The molecule has 0 amide bonds. The minimum Gasteiger partial charge on any atom is -0.496 e. The highest BCUT2D eigenvalue weighted by molar-refractivity contribution is 6.06. The number of hydrogen-bond acceptors (Lipinski definition) is 7. The van der Waals surface area contributed by atoms with Gasteiger partial charge in [0.05, 0.1) is 46.8 Å². The molecule has 13 nitrogen and oxygen atoms in total. The molecule has 6 aliphatic rings. The van der Waals surface area contributed by atoms with Crippen LogP contribution in [0.4, 0.5) is 0 Å². The minimum absolute atomic E-state index is 0.0591. The molecular formula is C66H77N7O6. The number of piperidine rings is 1. The van der Waals surface area contributed by atoms with E-state index in [1.165, 1.54) is 105 Å². The molecule has 2 saturated heterocycles. The first-order valence-electron chi connectivity index (χ1n) is 30.0. The fourth-order valence-electron chi connectivity index (χ4n) is 16.2. The van der Waals surface area contributed by atoms with Gasteiger partial charge in [0.25, 0.3) is 0 Å². The van der Waals surface area contributed by atoms with Gasteiger partial charge in [-0.25, -0.2) is 9.59 Å². The Balaban J connectivity index is 0.852. The average molecular weight is 1060 g/mol. The number of methoxy groups -OCH3 is 1. The van der Waals surface area contributed by atoms with Crippen molar-refractivity contribution >= 4 is 55.6 Å². The van der Waals surface area contributed by atoms with Gasteiger partial charge >= 0.3 is 11.9 Å². The molecule has 2 aliphatic carbocycles. The summed E-state index contributed by atoms with van der Waals surface area (Å²) in [6.07, 6.45) is 18.2. The lowest BCUT2D eigenvalue weighted by Crippen LogP contribution is -2.43. The van der Waals surface area contributed by atoms with Crippen molar-refractivity contribution in [3.05, 3.63) is 113 Å². The smallest absolute Gasteiger partial charge is 0.335 e. The number of benzene rings is 4. The zero-order chi connectivity index (χ0) is 53.6. The van der Waals surface area contributed by atoms with Gasteiger partial charge in [-0.15, -0.1) is 0 Å². The number of aromatic carboxylic acids is 2. The second-order valence-electron chi connectivity index (χ2n) is 24.7. The summed E-state index contributed by atoms with van der Waals surface area (Å²) in [7, 11) is 3.99. The molecule has 0 bridgehead atoms. The lowest BCUT2D eigenvalue weighted by atomic mass is 9.73. The van der Waals surface area contributed by atoms with Crippen LogP contribution in [0.2, 0.25) is 0 Å². The van der Waals surface area contributed by atoms with Gasteiger partial charge in [0, 0.05) is 127 Å². The van der Waals surface area contributed by atoms with Crippen LogP contribution in [0.3, 0.4) is 0 Å². The summed E-state index contributed by atoms with van der Waals surface area (Å²) in [6.45, 7) is 11.0. The number of rotatable bonds is 11. The Kier molecular flexibility index (Phi) is 13.3. The number of aromatic nitrogens is 4. The van der Waals surface area contributed by atoms with Gasteiger partial charge in [0.15, 0.2) is 0 Å². The van der Waals surface area contributed by atoms with Crippen LogP contribution in [0.15, 0.2) is 79.1 Å². The van der Waals surface area contributed by atoms with E-state index in [4.69, 9.17) is 4.74 Å². The van der Waals surface area contributed by atoms with Gasteiger partial charge in [0.2, 0.25) is 0 Å². The van der Waals surface area contributed by atoms with Crippen LogP contribution in [0.1, 0.15) is 138 Å². The van der Waals surface area contributed by atoms with Gasteiger partial charge in [-0.3, -0.25) is 9.80 Å². The number of likely N-dealkylation sites (N-methyl/N-ethyl adjacent to an activating group) is 1. The fourth-order valence-corrected chi connectivity index (χ4v) is 16.2. The highest BCUT2D eigenvalue weighted by Gasteiger charge is 2.39. The predicted molar refractivity (Wildman–Crippen MR) is 313 cm³/mol. The summed E-state index contributed by atoms with van der Waals surface area (Å²) in [5, 5.41) is 38.9. The molecule has 4 fully saturated rings. The zero-order valence-electron chi connectivity index (χ0n) is 46.3. The second kappa shape index (κ2) is 20.6. The van der Waals surface area contributed by atoms with E-state index in [0.717, 1.165) is 138 Å². The van der Waals surface area contributed by atoms with Crippen LogP contribution in [-0.2, 0) is 39.3 Å². The number of carbonyl (C=O) groups is 2. The number of nitrogens with zero attached hydrogens (tertiary/aromatic N) is 7. The van der Waals surface area contributed by atoms with Crippen molar-refractivity contribution < 1.29 is 29.6 Å². The molecule has 4 aromatic heterocycles. The van der Waals surface area contributed by atoms with Gasteiger partial charge in [-0.05, 0) is 154 Å². The van der Waals surface area contributed by atoms with Crippen molar-refractivity contribution in [1.29, 1.82) is 0 Å². The quantitative estimate of drug-likeness (QED) is 0.116. The molecule has 2 saturated carbocycles. The molecule has 79 heavy (non-hydrogen) atoms. The summed E-state index contributed by atoms with van der Waals surface area (Å²) in [6, 6.07) is 22.9. The van der Waals surface area contributed by atoms with E-state index in [2.05, 4.69) is 94.9 Å². The van der Waals surface area contributed by atoms with E-state index in [9.17, 15) is 24.9 Å². The maximum Gasteiger partial charge on any atom is 0.335 e. The van der Waals surface area contributed by atoms with Gasteiger partial charge in [-0.1, -0.05) is 56.0 Å². The Hall–Kier alpha value is -6.38. The lowest BCUT2D eigenvalue weighted by molar-refractivity contribution is 0.0180. The maximum absolute atomic E-state index is 13.3. The minimum atomic E-state index is -0.920. The van der Waals surface area contributed by atoms with Crippen LogP contribution < -0.4 is 4.74 Å². The number of likely N-dealkylation sites (tertiary alicyclic amines) is 1. The van der Waals surface area contributed by atoms with Crippen molar-refractivity contribution in [2.45, 2.75) is 141 Å². The molecule has 2 unspecified atom stereocenters. The third-order valence-electron chi connectivity index (χ3n) is 20.1. The number of para-hydroxylation sites is 1. The normalized spacial score (nSPS) is 22.1. The first kappa shape index (κ1) is 50.8. The first-order valence-corrected chi connectivity index (χ1v) is 30.0. The molecule has 8 aromatic rings. The van der Waals surface area contributed by atoms with Crippen LogP contribution in [0.5, 0.6) is 5.75 Å². The monoisotopic (exact) mass is 1060 g/mol. The average Bonchev–Trinajstić information content (AvgIpc) is 4.02. The van der Waals surface area contributed by atoms with Crippen molar-refractivity contribution in [2.24, 2.45) is 11.8 Å². The number of piperazine rings is 1. The third-order valence-corrected chi connectivity index (χ3v) is 20.1. The van der Waals surface area contributed by atoms with E-state index in [1.807, 2.05) is 12.1 Å². The summed E-state index contributed by atoms with van der Waals surface area (Å²) < 4.78 is 16.1. The highest BCUT2D eigenvalue weighted by Crippen LogP contribution is 2.52. The number of ether oxygens (including phenoxy) is 1. The number of hydrogen-bond donors (Lipinski definition) is 3. The van der Waals surface area contributed by atoms with E-state index < -0.39 is 18.0 Å². The molecule has 8 heterocycles. The molecule has 14 rings (SSSR count). The first-order chi connectivity index (χ1) is 38.6. The lowest BCUT2D eigenvalue weighted by Gasteiger charge is -2.37. The molecule has 0 spiro atoms. The van der Waals surface area contributed by atoms with Crippen LogP contribution in [0, 0.1) is 11.8 Å². The van der Waals surface area contributed by atoms with Gasteiger partial charge in [0.1, 0.15) is 5.75 Å². The Morgan fingerprint density at radius 2 is 1.19 bits per heavy atom. The molecule has 2 atom stereocenters. The van der Waals surface area contributed by atoms with Crippen molar-refractivity contribution in [1.82, 2.24) is 33.0 Å².